The zero-order valence-electron chi connectivity index (χ0n) is 21.1. The molecule has 1 fully saturated rings. The van der Waals surface area contributed by atoms with Gasteiger partial charge in [0.15, 0.2) is 0 Å². The Morgan fingerprint density at radius 2 is 2.11 bits per heavy atom. The SMILES string of the molecule is Cc1ccc(NC(=O)N2CC[C@@H](CC(F)(F)F)C2)cc1-c1cc(NC[C@@H](C)O)nc(C2=CCOCC2)c1. The minimum atomic E-state index is -4.23. The zero-order valence-corrected chi connectivity index (χ0v) is 21.1. The number of aliphatic hydroxyl groups excluding tert-OH is 1. The molecule has 37 heavy (non-hydrogen) atoms. The fraction of sp³-hybridized carbons (Fsp3) is 0.481. The largest absolute Gasteiger partial charge is 0.392 e. The van der Waals surface area contributed by atoms with E-state index in [2.05, 4.69) is 10.6 Å². The van der Waals surface area contributed by atoms with E-state index in [9.17, 15) is 23.1 Å². The number of pyridine rings is 1. The number of anilines is 2. The second-order valence-corrected chi connectivity index (χ2v) is 9.79. The highest BCUT2D eigenvalue weighted by molar-refractivity contribution is 5.91. The van der Waals surface area contributed by atoms with Gasteiger partial charge in [-0.05, 0) is 79.1 Å². The third-order valence-corrected chi connectivity index (χ3v) is 6.59. The summed E-state index contributed by atoms with van der Waals surface area (Å²) in [5.41, 5.74) is 5.24. The molecule has 200 valence electrons. The van der Waals surface area contributed by atoms with Gasteiger partial charge in [0.1, 0.15) is 5.82 Å². The van der Waals surface area contributed by atoms with Crippen LogP contribution in [0.1, 0.15) is 37.4 Å². The van der Waals surface area contributed by atoms with Crippen molar-refractivity contribution in [2.75, 3.05) is 43.5 Å². The summed E-state index contributed by atoms with van der Waals surface area (Å²) >= 11 is 0. The van der Waals surface area contributed by atoms with Crippen molar-refractivity contribution in [1.29, 1.82) is 0 Å². The molecule has 1 aromatic carbocycles. The number of carbonyl (C=O) groups is 1. The maximum absolute atomic E-state index is 12.8. The number of hydrogen-bond acceptors (Lipinski definition) is 5. The first-order valence-corrected chi connectivity index (χ1v) is 12.5. The molecule has 2 aliphatic rings. The second-order valence-electron chi connectivity index (χ2n) is 9.79. The van der Waals surface area contributed by atoms with E-state index in [4.69, 9.17) is 9.72 Å². The molecule has 0 spiro atoms. The lowest BCUT2D eigenvalue weighted by Crippen LogP contribution is -2.33. The predicted octanol–water partition coefficient (Wildman–Crippen LogP) is 5.46. The monoisotopic (exact) mass is 518 g/mol. The van der Waals surface area contributed by atoms with Gasteiger partial charge >= 0.3 is 12.2 Å². The van der Waals surface area contributed by atoms with Crippen LogP contribution in [0.2, 0.25) is 0 Å². The molecule has 0 unspecified atom stereocenters. The molecule has 3 N–H and O–H groups in total. The smallest absolute Gasteiger partial charge is 0.389 e. The summed E-state index contributed by atoms with van der Waals surface area (Å²) in [5.74, 6) is 0.0593. The van der Waals surface area contributed by atoms with E-state index in [0.717, 1.165) is 34.4 Å². The van der Waals surface area contributed by atoms with Gasteiger partial charge in [0.05, 0.1) is 25.0 Å². The van der Waals surface area contributed by atoms with Gasteiger partial charge in [-0.1, -0.05) is 12.1 Å². The Bertz CT molecular complexity index is 1150. The number of aliphatic hydroxyl groups is 1. The number of nitrogens with one attached hydrogen (secondary N) is 2. The van der Waals surface area contributed by atoms with E-state index in [1.807, 2.05) is 37.3 Å². The third kappa shape index (κ3) is 7.45. The fourth-order valence-corrected chi connectivity index (χ4v) is 4.68. The normalized spacial score (nSPS) is 18.9. The molecule has 4 rings (SSSR count). The molecule has 0 bridgehead atoms. The van der Waals surface area contributed by atoms with Crippen LogP contribution < -0.4 is 10.6 Å². The molecule has 2 amide bonds. The van der Waals surface area contributed by atoms with Gasteiger partial charge in [0.2, 0.25) is 0 Å². The molecule has 0 radical (unpaired) electrons. The van der Waals surface area contributed by atoms with Gasteiger partial charge < -0.3 is 25.4 Å². The molecule has 2 aliphatic heterocycles. The van der Waals surface area contributed by atoms with Gasteiger partial charge in [0, 0.05) is 31.7 Å². The number of aryl methyl sites for hydroxylation is 1. The number of carbonyl (C=O) groups excluding carboxylic acids is 1. The molecular formula is C27H33F3N4O3. The lowest BCUT2D eigenvalue weighted by Gasteiger charge is -2.19. The van der Waals surface area contributed by atoms with Crippen LogP contribution in [-0.4, -0.2) is 66.1 Å². The van der Waals surface area contributed by atoms with E-state index < -0.39 is 30.7 Å². The molecule has 0 aliphatic carbocycles. The number of ether oxygens (including phenoxy) is 1. The number of alkyl halides is 3. The minimum absolute atomic E-state index is 0.0922. The Balaban J connectivity index is 1.56. The predicted molar refractivity (Wildman–Crippen MR) is 137 cm³/mol. The highest BCUT2D eigenvalue weighted by Gasteiger charge is 2.36. The molecule has 1 aromatic heterocycles. The van der Waals surface area contributed by atoms with Crippen molar-refractivity contribution >= 4 is 23.1 Å². The summed E-state index contributed by atoms with van der Waals surface area (Å²) in [6, 6.07) is 9.06. The summed E-state index contributed by atoms with van der Waals surface area (Å²) in [5, 5.41) is 15.8. The Hall–Kier alpha value is -3.11. The van der Waals surface area contributed by atoms with Crippen LogP contribution in [0.15, 0.2) is 36.4 Å². The maximum Gasteiger partial charge on any atom is 0.389 e. The third-order valence-electron chi connectivity index (χ3n) is 6.59. The summed E-state index contributed by atoms with van der Waals surface area (Å²) in [7, 11) is 0. The number of likely N-dealkylation sites (tertiary alicyclic amines) is 1. The fourth-order valence-electron chi connectivity index (χ4n) is 4.68. The molecule has 7 nitrogen and oxygen atoms in total. The second kappa shape index (κ2) is 11.5. The number of aromatic nitrogens is 1. The first-order chi connectivity index (χ1) is 17.6. The summed E-state index contributed by atoms with van der Waals surface area (Å²) in [6.07, 6.45) is -2.54. The van der Waals surface area contributed by atoms with Gasteiger partial charge in [0.25, 0.3) is 0 Å². The van der Waals surface area contributed by atoms with E-state index >= 15 is 0 Å². The van der Waals surface area contributed by atoms with Crippen molar-refractivity contribution < 1.29 is 27.8 Å². The van der Waals surface area contributed by atoms with Gasteiger partial charge in [-0.25, -0.2) is 9.78 Å². The standard InChI is InChI=1S/C27H33F3N4O3/c1-17-3-4-22(32-26(36)34-8-5-19(16-34)14-27(28,29)30)13-23(17)21-11-24(20-6-9-37-10-7-20)33-25(12-21)31-15-18(2)35/h3-4,6,11-13,18-19,35H,5,7-10,14-16H2,1-2H3,(H,31,33)(H,32,36)/t18-,19+/m1/s1. The van der Waals surface area contributed by atoms with Crippen LogP contribution in [0.25, 0.3) is 16.7 Å². The van der Waals surface area contributed by atoms with Crippen LogP contribution in [-0.2, 0) is 4.74 Å². The van der Waals surface area contributed by atoms with Crippen LogP contribution in [0.4, 0.5) is 29.5 Å². The number of hydrogen-bond donors (Lipinski definition) is 3. The van der Waals surface area contributed by atoms with Gasteiger partial charge in [-0.15, -0.1) is 0 Å². The summed E-state index contributed by atoms with van der Waals surface area (Å²) in [6.45, 7) is 5.55. The Morgan fingerprint density at radius 1 is 1.30 bits per heavy atom. The van der Waals surface area contributed by atoms with Crippen molar-refractivity contribution in [3.05, 3.63) is 47.7 Å². The lowest BCUT2D eigenvalue weighted by atomic mass is 9.97. The molecule has 10 heteroatoms. The first-order valence-electron chi connectivity index (χ1n) is 12.5. The Labute approximate surface area is 214 Å². The number of rotatable bonds is 7. The summed E-state index contributed by atoms with van der Waals surface area (Å²) in [4.78, 5) is 19.0. The molecule has 3 heterocycles. The van der Waals surface area contributed by atoms with Crippen molar-refractivity contribution in [3.63, 3.8) is 0 Å². The van der Waals surface area contributed by atoms with Crippen molar-refractivity contribution in [2.24, 2.45) is 5.92 Å². The number of nitrogens with zero attached hydrogens (tertiary/aromatic N) is 2. The highest BCUT2D eigenvalue weighted by atomic mass is 19.4. The topological polar surface area (TPSA) is 86.7 Å². The number of amides is 2. The van der Waals surface area contributed by atoms with Crippen LogP contribution in [0.3, 0.4) is 0 Å². The molecule has 2 aromatic rings. The van der Waals surface area contributed by atoms with Gasteiger partial charge in [-0.3, -0.25) is 0 Å². The maximum atomic E-state index is 12.8. The molecule has 2 atom stereocenters. The van der Waals surface area contributed by atoms with E-state index in [0.29, 0.717) is 44.2 Å². The average Bonchev–Trinajstić information content (AvgIpc) is 3.31. The van der Waals surface area contributed by atoms with Gasteiger partial charge in [-0.2, -0.15) is 13.2 Å². The molecule has 0 saturated carbocycles. The average molecular weight is 519 g/mol. The number of urea groups is 1. The minimum Gasteiger partial charge on any atom is -0.392 e. The van der Waals surface area contributed by atoms with Crippen LogP contribution in [0, 0.1) is 12.8 Å². The molecular weight excluding hydrogens is 485 g/mol. The van der Waals surface area contributed by atoms with Crippen LogP contribution >= 0.6 is 0 Å². The van der Waals surface area contributed by atoms with Crippen LogP contribution in [0.5, 0.6) is 0 Å². The van der Waals surface area contributed by atoms with Crippen molar-refractivity contribution in [3.8, 4) is 11.1 Å². The Morgan fingerprint density at radius 3 is 2.81 bits per heavy atom. The first kappa shape index (κ1) is 26.9. The molecule has 1 saturated heterocycles. The number of halogens is 3. The van der Waals surface area contributed by atoms with Crippen molar-refractivity contribution in [2.45, 2.75) is 45.4 Å². The lowest BCUT2D eigenvalue weighted by molar-refractivity contribution is -0.143. The highest BCUT2D eigenvalue weighted by Crippen LogP contribution is 2.33. The number of benzene rings is 1. The zero-order chi connectivity index (χ0) is 26.6. The van der Waals surface area contributed by atoms with E-state index in [1.54, 1.807) is 13.0 Å². The summed E-state index contributed by atoms with van der Waals surface area (Å²) < 4.78 is 43.7. The van der Waals surface area contributed by atoms with E-state index in [1.165, 1.54) is 4.90 Å². The van der Waals surface area contributed by atoms with Crippen molar-refractivity contribution in [1.82, 2.24) is 9.88 Å². The quantitative estimate of drug-likeness (QED) is 0.453. The Kier molecular flexibility index (Phi) is 8.39. The van der Waals surface area contributed by atoms with E-state index in [-0.39, 0.29) is 6.54 Å².